The molecule has 0 aromatic heterocycles. The quantitative estimate of drug-likeness (QED) is 0.0723. The summed E-state index contributed by atoms with van der Waals surface area (Å²) in [6.07, 6.45) is 6.99. The summed E-state index contributed by atoms with van der Waals surface area (Å²) in [4.78, 5) is 90.4. The molecule has 70 heavy (non-hydrogen) atoms. The van der Waals surface area contributed by atoms with Gasteiger partial charge in [-0.15, -0.1) is 0 Å². The fraction of sp³-hybridized carbons (Fsp3) is 0.880. The molecule has 2 N–H and O–H groups in total. The van der Waals surface area contributed by atoms with Crippen molar-refractivity contribution in [2.45, 2.75) is 117 Å². The Morgan fingerprint density at radius 1 is 0.514 bits per heavy atom. The highest BCUT2D eigenvalue weighted by Gasteiger charge is 2.46. The molecule has 2 unspecified atom stereocenters. The van der Waals surface area contributed by atoms with Crippen molar-refractivity contribution >= 4 is 36.1 Å². The summed E-state index contributed by atoms with van der Waals surface area (Å²) in [5.74, 6) is -2.79. The summed E-state index contributed by atoms with van der Waals surface area (Å²) in [6.45, 7) is 28.4. The van der Waals surface area contributed by atoms with Crippen LogP contribution in [0.2, 0.25) is 0 Å². The number of piperidine rings is 2. The molecule has 0 aromatic carbocycles. The largest absolute Gasteiger partial charge is 0.481 e. The van der Waals surface area contributed by atoms with Gasteiger partial charge in [0.2, 0.25) is 0 Å². The van der Waals surface area contributed by atoms with Crippen molar-refractivity contribution in [3.63, 3.8) is 0 Å². The third-order valence-corrected chi connectivity index (χ3v) is 15.2. The maximum absolute atomic E-state index is 12.7. The van der Waals surface area contributed by atoms with Crippen LogP contribution in [0, 0.1) is 10.8 Å². The molecule has 20 nitrogen and oxygen atoms in total. The molecule has 0 saturated carbocycles. The Balaban J connectivity index is 0.000000262. The molecule has 6 aliphatic heterocycles. The van der Waals surface area contributed by atoms with Crippen LogP contribution in [0.1, 0.15) is 105 Å². The number of ether oxygens (including phenoxy) is 4. The van der Waals surface area contributed by atoms with Gasteiger partial charge in [0.15, 0.2) is 0 Å². The Kier molecular flexibility index (Phi) is 23.7. The first-order valence-electron chi connectivity index (χ1n) is 26.7. The van der Waals surface area contributed by atoms with Crippen molar-refractivity contribution in [1.29, 1.82) is 0 Å². The highest BCUT2D eigenvalue weighted by Crippen LogP contribution is 2.38. The van der Waals surface area contributed by atoms with Crippen LogP contribution in [0.15, 0.2) is 0 Å². The average Bonchev–Trinajstić information content (AvgIpc) is 3.87. The van der Waals surface area contributed by atoms with Crippen molar-refractivity contribution in [3.8, 4) is 0 Å². The van der Waals surface area contributed by atoms with Gasteiger partial charge in [-0.05, 0) is 130 Å². The van der Waals surface area contributed by atoms with Gasteiger partial charge in [0.25, 0.3) is 0 Å². The number of aliphatic carboxylic acids is 2. The minimum Gasteiger partial charge on any atom is -0.481 e. The van der Waals surface area contributed by atoms with Crippen molar-refractivity contribution < 1.29 is 57.9 Å². The molecule has 0 aromatic rings. The maximum atomic E-state index is 12.7. The number of hydrogen-bond acceptors (Lipinski definition) is 16. The second-order valence-electron chi connectivity index (χ2n) is 20.4. The Labute approximate surface area is 417 Å². The van der Waals surface area contributed by atoms with E-state index in [0.717, 1.165) is 97.7 Å². The number of nitrogens with zero attached hydrogens (tertiary/aromatic N) is 8. The lowest BCUT2D eigenvalue weighted by molar-refractivity contribution is -0.165. The number of esters is 2. The van der Waals surface area contributed by atoms with E-state index in [1.807, 2.05) is 4.90 Å². The Morgan fingerprint density at radius 2 is 0.900 bits per heavy atom. The van der Waals surface area contributed by atoms with Gasteiger partial charge < -0.3 is 58.6 Å². The summed E-state index contributed by atoms with van der Waals surface area (Å²) in [5, 5.41) is 18.6. The smallest absolute Gasteiger partial charge is 0.410 e. The first-order chi connectivity index (χ1) is 33.7. The second kappa shape index (κ2) is 29.0. The van der Waals surface area contributed by atoms with Crippen LogP contribution >= 0.6 is 0 Å². The Morgan fingerprint density at radius 3 is 1.27 bits per heavy atom. The van der Waals surface area contributed by atoms with Gasteiger partial charge in [-0.2, -0.15) is 0 Å². The molecular weight excluding hydrogens is 905 g/mol. The van der Waals surface area contributed by atoms with E-state index in [2.05, 4.69) is 43.2 Å². The predicted molar refractivity (Wildman–Crippen MR) is 262 cm³/mol. The third kappa shape index (κ3) is 17.7. The number of unbranched alkanes of at least 4 members (excludes halogenated alkanes) is 2. The molecule has 0 spiro atoms. The number of piperazine rings is 2. The Bertz CT molecular complexity index is 1640. The van der Waals surface area contributed by atoms with E-state index in [1.165, 1.54) is 25.9 Å². The third-order valence-electron chi connectivity index (χ3n) is 15.2. The van der Waals surface area contributed by atoms with Crippen molar-refractivity contribution in [2.75, 3.05) is 157 Å². The van der Waals surface area contributed by atoms with Crippen molar-refractivity contribution in [2.24, 2.45) is 10.8 Å². The summed E-state index contributed by atoms with van der Waals surface area (Å²) >= 11 is 0. The minimum absolute atomic E-state index is 0.0497. The summed E-state index contributed by atoms with van der Waals surface area (Å²) in [7, 11) is 0. The van der Waals surface area contributed by atoms with Gasteiger partial charge in [0.1, 0.15) is 12.2 Å². The summed E-state index contributed by atoms with van der Waals surface area (Å²) in [5.41, 5.74) is -2.02. The molecule has 6 heterocycles. The number of hydrogen-bond donors (Lipinski definition) is 2. The van der Waals surface area contributed by atoms with Crippen LogP contribution in [0.5, 0.6) is 0 Å². The molecule has 0 aliphatic carbocycles. The molecule has 2 amide bonds. The monoisotopic (exact) mass is 993 g/mol. The van der Waals surface area contributed by atoms with E-state index in [-0.39, 0.29) is 55.8 Å². The molecule has 400 valence electrons. The van der Waals surface area contributed by atoms with E-state index in [1.54, 1.807) is 18.7 Å². The van der Waals surface area contributed by atoms with Crippen LogP contribution in [-0.2, 0) is 38.1 Å². The summed E-state index contributed by atoms with van der Waals surface area (Å²) in [6, 6.07) is 0. The molecule has 6 aliphatic rings. The van der Waals surface area contributed by atoms with E-state index >= 15 is 0 Å². The highest BCUT2D eigenvalue weighted by atomic mass is 16.6. The van der Waals surface area contributed by atoms with Gasteiger partial charge >= 0.3 is 36.1 Å². The number of likely N-dealkylation sites (tertiary alicyclic amines) is 2. The molecule has 0 radical (unpaired) electrons. The first-order valence-corrected chi connectivity index (χ1v) is 26.7. The maximum Gasteiger partial charge on any atom is 0.410 e. The lowest BCUT2D eigenvalue weighted by Crippen LogP contribution is -2.48. The van der Waals surface area contributed by atoms with Crippen LogP contribution in [-0.4, -0.2) is 255 Å². The van der Waals surface area contributed by atoms with Crippen LogP contribution in [0.4, 0.5) is 9.59 Å². The average molecular weight is 993 g/mol. The molecule has 2 atom stereocenters. The fourth-order valence-corrected chi connectivity index (χ4v) is 11.0. The number of carbonyl (C=O) groups is 6. The number of amides is 2. The molecule has 6 fully saturated rings. The van der Waals surface area contributed by atoms with Gasteiger partial charge in [-0.3, -0.25) is 29.0 Å². The molecule has 6 rings (SSSR count). The van der Waals surface area contributed by atoms with Gasteiger partial charge in [-0.1, -0.05) is 13.8 Å². The zero-order valence-electron chi connectivity index (χ0n) is 43.2. The van der Waals surface area contributed by atoms with E-state index in [4.69, 9.17) is 24.1 Å². The topological polar surface area (TPSA) is 206 Å². The molecule has 20 heteroatoms. The second-order valence-corrected chi connectivity index (χ2v) is 20.4. The number of cyclic esters (lactones) is 2. The predicted octanol–water partition coefficient (Wildman–Crippen LogP) is 3.47. The van der Waals surface area contributed by atoms with Gasteiger partial charge in [0, 0.05) is 78.5 Å². The van der Waals surface area contributed by atoms with Crippen LogP contribution < -0.4 is 0 Å². The number of carboxylic acid groups (broad SMARTS) is 2. The van der Waals surface area contributed by atoms with Crippen LogP contribution in [0.3, 0.4) is 0 Å². The molecule has 0 bridgehead atoms. The van der Waals surface area contributed by atoms with E-state index in [0.29, 0.717) is 91.2 Å². The van der Waals surface area contributed by atoms with Crippen molar-refractivity contribution in [1.82, 2.24) is 39.2 Å². The number of carbonyl (C=O) groups excluding carboxylic acids is 4. The first kappa shape index (κ1) is 57.1. The van der Waals surface area contributed by atoms with Crippen molar-refractivity contribution in [3.05, 3.63) is 0 Å². The minimum atomic E-state index is -1.19. The van der Waals surface area contributed by atoms with E-state index in [9.17, 15) is 33.9 Å². The Hall–Kier alpha value is -3.82. The lowest BCUT2D eigenvalue weighted by Gasteiger charge is -2.39. The molecular formula is C50H88N8O12. The number of rotatable bonds is 26. The standard InChI is InChI=1S/C27H48N4O6.C23H40N4O6/c1-4-11-28-16-18-29(19-17-28)12-7-8-13-31-22-23(37-26(31)34)21-30-14-9-27(10-15-30,25(33)36-6-3)20-24(32)35-5-2;1-2-7-24-12-14-25(15-13-24)8-3-4-9-27-18-19(33-22(27)32)17-26-10-5-23(6-11-26,21(30)31)16-20(28)29/h23H,4-22H2,1-3H3;19H,2-18H2,1H3,(H,28,29)(H,30,31). The zero-order chi connectivity index (χ0) is 50.5. The normalized spacial score (nSPS) is 23.9. The summed E-state index contributed by atoms with van der Waals surface area (Å²) < 4.78 is 21.6. The number of carboxylic acids is 2. The molecule has 6 saturated heterocycles. The van der Waals surface area contributed by atoms with Gasteiger partial charge in [-0.25, -0.2) is 9.59 Å². The van der Waals surface area contributed by atoms with Gasteiger partial charge in [0.05, 0.1) is 50.0 Å². The fourth-order valence-electron chi connectivity index (χ4n) is 11.0. The lowest BCUT2D eigenvalue weighted by atomic mass is 9.75. The zero-order valence-corrected chi connectivity index (χ0v) is 43.2. The highest BCUT2D eigenvalue weighted by molar-refractivity contribution is 5.84. The van der Waals surface area contributed by atoms with E-state index < -0.39 is 22.8 Å². The SMILES string of the molecule is CCCN1CCN(CCCCN2CC(CN3CCC(CC(=O)O)(C(=O)O)CC3)OC2=O)CC1.CCCN1CCN(CCCCN2CC(CN3CCC(CC(=O)OCC)(C(=O)OCC)CC3)OC2=O)CC1. The van der Waals surface area contributed by atoms with Crippen LogP contribution in [0.25, 0.3) is 0 Å².